The molecular formula is C22H27N3O4. The molecule has 1 unspecified atom stereocenters. The van der Waals surface area contributed by atoms with Crippen LogP contribution in [0.25, 0.3) is 0 Å². The Labute approximate surface area is 170 Å². The van der Waals surface area contributed by atoms with E-state index in [0.29, 0.717) is 11.3 Å². The minimum Gasteiger partial charge on any atom is -0.480 e. The molecular weight excluding hydrogens is 370 g/mol. The molecule has 7 nitrogen and oxygen atoms in total. The minimum atomic E-state index is -1.08. The number of hydrogen-bond donors (Lipinski definition) is 4. The van der Waals surface area contributed by atoms with E-state index >= 15 is 0 Å². The largest absolute Gasteiger partial charge is 0.480 e. The van der Waals surface area contributed by atoms with Crippen LogP contribution in [-0.4, -0.2) is 35.5 Å². The zero-order chi connectivity index (χ0) is 21.6. The standard InChI is InChI=1S/C22H27N3O4/c1-13(2)20(22(28)29)25-21(27)16-6-8-17(9-7-16)24-19(26)12-23-18-10-5-14(3)11-15(18)4/h5-11,13,20,23H,12H2,1-4H3,(H,24,26)(H,25,27)(H,28,29). The first-order valence-electron chi connectivity index (χ1n) is 9.42. The van der Waals surface area contributed by atoms with E-state index in [1.54, 1.807) is 38.1 Å². The van der Waals surface area contributed by atoms with Crippen molar-refractivity contribution in [3.8, 4) is 0 Å². The first kappa shape index (κ1) is 21.9. The van der Waals surface area contributed by atoms with Gasteiger partial charge in [-0.15, -0.1) is 0 Å². The number of benzene rings is 2. The highest BCUT2D eigenvalue weighted by Gasteiger charge is 2.23. The van der Waals surface area contributed by atoms with E-state index < -0.39 is 17.9 Å². The lowest BCUT2D eigenvalue weighted by atomic mass is 10.0. The number of rotatable bonds is 8. The third kappa shape index (κ3) is 6.34. The van der Waals surface area contributed by atoms with Crippen LogP contribution in [0.1, 0.15) is 35.3 Å². The predicted molar refractivity (Wildman–Crippen MR) is 113 cm³/mol. The van der Waals surface area contributed by atoms with Gasteiger partial charge in [-0.1, -0.05) is 31.5 Å². The van der Waals surface area contributed by atoms with Crippen molar-refractivity contribution in [1.82, 2.24) is 5.32 Å². The zero-order valence-electron chi connectivity index (χ0n) is 17.1. The van der Waals surface area contributed by atoms with Crippen LogP contribution in [-0.2, 0) is 9.59 Å². The van der Waals surface area contributed by atoms with Gasteiger partial charge in [0, 0.05) is 16.9 Å². The fourth-order valence-corrected chi connectivity index (χ4v) is 2.84. The summed E-state index contributed by atoms with van der Waals surface area (Å²) in [6.07, 6.45) is 0. The van der Waals surface area contributed by atoms with E-state index in [1.165, 1.54) is 0 Å². The van der Waals surface area contributed by atoms with Crippen molar-refractivity contribution in [1.29, 1.82) is 0 Å². The summed E-state index contributed by atoms with van der Waals surface area (Å²) < 4.78 is 0. The van der Waals surface area contributed by atoms with E-state index in [1.807, 2.05) is 32.0 Å². The molecule has 0 saturated heterocycles. The molecule has 0 aliphatic rings. The SMILES string of the molecule is Cc1ccc(NCC(=O)Nc2ccc(C(=O)NC(C(=O)O)C(C)C)cc2)c(C)c1. The van der Waals surface area contributed by atoms with E-state index in [2.05, 4.69) is 16.0 Å². The molecule has 2 rings (SSSR count). The summed E-state index contributed by atoms with van der Waals surface area (Å²) in [5.41, 5.74) is 3.99. The first-order valence-corrected chi connectivity index (χ1v) is 9.42. The highest BCUT2D eigenvalue weighted by atomic mass is 16.4. The average molecular weight is 397 g/mol. The van der Waals surface area contributed by atoms with E-state index in [0.717, 1.165) is 16.8 Å². The van der Waals surface area contributed by atoms with Gasteiger partial charge in [0.15, 0.2) is 0 Å². The maximum Gasteiger partial charge on any atom is 0.326 e. The fourth-order valence-electron chi connectivity index (χ4n) is 2.84. The Balaban J connectivity index is 1.91. The smallest absolute Gasteiger partial charge is 0.326 e. The summed E-state index contributed by atoms with van der Waals surface area (Å²) in [6.45, 7) is 7.55. The van der Waals surface area contributed by atoms with E-state index in [-0.39, 0.29) is 18.4 Å². The maximum absolute atomic E-state index is 12.2. The Bertz CT molecular complexity index is 891. The Hall–Kier alpha value is -3.35. The number of carboxylic acid groups (broad SMARTS) is 1. The summed E-state index contributed by atoms with van der Waals surface area (Å²) in [5.74, 6) is -2.00. The number of nitrogens with one attached hydrogen (secondary N) is 3. The van der Waals surface area contributed by atoms with Crippen molar-refractivity contribution in [2.45, 2.75) is 33.7 Å². The van der Waals surface area contributed by atoms with Crippen molar-refractivity contribution < 1.29 is 19.5 Å². The highest BCUT2D eigenvalue weighted by Crippen LogP contribution is 2.16. The van der Waals surface area contributed by atoms with Crippen LogP contribution in [0.15, 0.2) is 42.5 Å². The number of hydrogen-bond acceptors (Lipinski definition) is 4. The topological polar surface area (TPSA) is 108 Å². The Kier molecular flexibility index (Phi) is 7.36. The van der Waals surface area contributed by atoms with Gasteiger partial charge in [0.2, 0.25) is 5.91 Å². The number of aliphatic carboxylic acids is 1. The van der Waals surface area contributed by atoms with E-state index in [9.17, 15) is 19.5 Å². The molecule has 0 bridgehead atoms. The quantitative estimate of drug-likeness (QED) is 0.547. The second kappa shape index (κ2) is 9.73. The molecule has 0 radical (unpaired) electrons. The van der Waals surface area contributed by atoms with Crippen LogP contribution >= 0.6 is 0 Å². The monoisotopic (exact) mass is 397 g/mol. The average Bonchev–Trinajstić information content (AvgIpc) is 2.65. The molecule has 0 aliphatic heterocycles. The Morgan fingerprint density at radius 1 is 1.00 bits per heavy atom. The van der Waals surface area contributed by atoms with Crippen LogP contribution < -0.4 is 16.0 Å². The molecule has 0 aliphatic carbocycles. The summed E-state index contributed by atoms with van der Waals surface area (Å²) in [4.78, 5) is 35.6. The predicted octanol–water partition coefficient (Wildman–Crippen LogP) is 3.19. The van der Waals surface area contributed by atoms with Crippen molar-refractivity contribution in [3.05, 3.63) is 59.2 Å². The van der Waals surface area contributed by atoms with Gasteiger partial charge in [0.05, 0.1) is 6.54 Å². The number of carbonyl (C=O) groups excluding carboxylic acids is 2. The van der Waals surface area contributed by atoms with Crippen molar-refractivity contribution in [2.24, 2.45) is 5.92 Å². The highest BCUT2D eigenvalue weighted by molar-refractivity contribution is 5.98. The summed E-state index contributed by atoms with van der Waals surface area (Å²) in [7, 11) is 0. The lowest BCUT2D eigenvalue weighted by Crippen LogP contribution is -2.44. The van der Waals surface area contributed by atoms with Crippen LogP contribution in [0.4, 0.5) is 11.4 Å². The van der Waals surface area contributed by atoms with Crippen molar-refractivity contribution in [3.63, 3.8) is 0 Å². The lowest BCUT2D eigenvalue weighted by Gasteiger charge is -2.18. The molecule has 0 aromatic heterocycles. The normalized spacial score (nSPS) is 11.6. The van der Waals surface area contributed by atoms with Gasteiger partial charge in [-0.05, 0) is 55.7 Å². The lowest BCUT2D eigenvalue weighted by molar-refractivity contribution is -0.140. The van der Waals surface area contributed by atoms with Crippen molar-refractivity contribution >= 4 is 29.2 Å². The van der Waals surface area contributed by atoms with Gasteiger partial charge < -0.3 is 21.1 Å². The molecule has 7 heteroatoms. The minimum absolute atomic E-state index is 0.112. The van der Waals surface area contributed by atoms with E-state index in [4.69, 9.17) is 0 Å². The molecule has 0 saturated carbocycles. The Morgan fingerprint density at radius 2 is 1.66 bits per heavy atom. The molecule has 1 atom stereocenters. The molecule has 154 valence electrons. The van der Waals surface area contributed by atoms with Crippen LogP contribution in [0, 0.1) is 19.8 Å². The molecule has 2 aromatic carbocycles. The third-order valence-electron chi connectivity index (χ3n) is 4.47. The summed E-state index contributed by atoms with van der Waals surface area (Å²) in [6, 6.07) is 11.3. The van der Waals surface area contributed by atoms with Crippen molar-refractivity contribution in [2.75, 3.05) is 17.2 Å². The molecule has 4 N–H and O–H groups in total. The zero-order valence-corrected chi connectivity index (χ0v) is 17.1. The fraction of sp³-hybridized carbons (Fsp3) is 0.318. The van der Waals surface area contributed by atoms with Gasteiger partial charge in [-0.25, -0.2) is 4.79 Å². The number of aryl methyl sites for hydroxylation is 2. The van der Waals surface area contributed by atoms with Gasteiger partial charge in [0.25, 0.3) is 5.91 Å². The molecule has 0 fully saturated rings. The second-order valence-electron chi connectivity index (χ2n) is 7.33. The van der Waals surface area contributed by atoms with Crippen LogP contribution in [0.2, 0.25) is 0 Å². The van der Waals surface area contributed by atoms with Gasteiger partial charge in [-0.3, -0.25) is 9.59 Å². The third-order valence-corrected chi connectivity index (χ3v) is 4.47. The van der Waals surface area contributed by atoms with Crippen LogP contribution in [0.5, 0.6) is 0 Å². The molecule has 0 spiro atoms. The van der Waals surface area contributed by atoms with Gasteiger partial charge in [0.1, 0.15) is 6.04 Å². The van der Waals surface area contributed by atoms with Gasteiger partial charge in [-0.2, -0.15) is 0 Å². The number of amides is 2. The molecule has 2 amide bonds. The first-order chi connectivity index (χ1) is 13.7. The number of anilines is 2. The number of carboxylic acids is 1. The molecule has 29 heavy (non-hydrogen) atoms. The van der Waals surface area contributed by atoms with Crippen LogP contribution in [0.3, 0.4) is 0 Å². The summed E-state index contributed by atoms with van der Waals surface area (Å²) in [5, 5.41) is 17.5. The summed E-state index contributed by atoms with van der Waals surface area (Å²) >= 11 is 0. The second-order valence-corrected chi connectivity index (χ2v) is 7.33. The molecule has 0 heterocycles. The number of carbonyl (C=O) groups is 3. The molecule has 2 aromatic rings. The Morgan fingerprint density at radius 3 is 2.21 bits per heavy atom. The van der Waals surface area contributed by atoms with Gasteiger partial charge >= 0.3 is 5.97 Å². The maximum atomic E-state index is 12.2.